The zero-order valence-electron chi connectivity index (χ0n) is 11.6. The van der Waals surface area contributed by atoms with E-state index in [9.17, 15) is 0 Å². The van der Waals surface area contributed by atoms with Gasteiger partial charge in [-0.25, -0.2) is 0 Å². The van der Waals surface area contributed by atoms with E-state index in [1.165, 1.54) is 25.7 Å². The molecule has 2 unspecified atom stereocenters. The van der Waals surface area contributed by atoms with E-state index in [2.05, 4.69) is 15.9 Å². The summed E-state index contributed by atoms with van der Waals surface area (Å²) < 4.78 is 11.5. The van der Waals surface area contributed by atoms with Crippen LogP contribution in [0, 0.1) is 5.92 Å². The van der Waals surface area contributed by atoms with E-state index in [0.717, 1.165) is 30.4 Å². The SMILES string of the molecule is CCOc1ccccc1OCCC1CCCCC1Br. The molecule has 2 rings (SSSR count). The number of alkyl halides is 1. The Bertz CT molecular complexity index is 381. The van der Waals surface area contributed by atoms with Crippen molar-refractivity contribution in [3.8, 4) is 11.5 Å². The van der Waals surface area contributed by atoms with Gasteiger partial charge in [-0.3, -0.25) is 0 Å². The van der Waals surface area contributed by atoms with E-state index < -0.39 is 0 Å². The van der Waals surface area contributed by atoms with Crippen LogP contribution >= 0.6 is 15.9 Å². The van der Waals surface area contributed by atoms with Crippen LogP contribution in [0.2, 0.25) is 0 Å². The number of rotatable bonds is 6. The molecule has 1 aromatic rings. The molecule has 0 amide bonds. The molecule has 0 N–H and O–H groups in total. The van der Waals surface area contributed by atoms with E-state index in [-0.39, 0.29) is 0 Å². The number of hydrogen-bond donors (Lipinski definition) is 0. The molecule has 1 aliphatic carbocycles. The zero-order chi connectivity index (χ0) is 13.5. The fraction of sp³-hybridized carbons (Fsp3) is 0.625. The molecule has 2 atom stereocenters. The average Bonchev–Trinajstić information content (AvgIpc) is 2.43. The smallest absolute Gasteiger partial charge is 0.161 e. The highest BCUT2D eigenvalue weighted by molar-refractivity contribution is 9.09. The molecule has 1 aromatic carbocycles. The van der Waals surface area contributed by atoms with Crippen LogP contribution in [0.5, 0.6) is 11.5 Å². The lowest BCUT2D eigenvalue weighted by molar-refractivity contribution is 0.238. The lowest BCUT2D eigenvalue weighted by atomic mass is 9.87. The van der Waals surface area contributed by atoms with Crippen molar-refractivity contribution in [1.82, 2.24) is 0 Å². The lowest BCUT2D eigenvalue weighted by Crippen LogP contribution is -2.21. The standard InChI is InChI=1S/C16H23BrO2/c1-2-18-15-9-5-6-10-16(15)19-12-11-13-7-3-4-8-14(13)17/h5-6,9-10,13-14H,2-4,7-8,11-12H2,1H3. The predicted molar refractivity (Wildman–Crippen MR) is 82.4 cm³/mol. The highest BCUT2D eigenvalue weighted by Gasteiger charge is 2.22. The normalized spacial score (nSPS) is 23.1. The van der Waals surface area contributed by atoms with Crippen molar-refractivity contribution in [3.63, 3.8) is 0 Å². The van der Waals surface area contributed by atoms with Crippen LogP contribution in [-0.2, 0) is 0 Å². The second-order valence-electron chi connectivity index (χ2n) is 5.08. The van der Waals surface area contributed by atoms with Gasteiger partial charge >= 0.3 is 0 Å². The van der Waals surface area contributed by atoms with Gasteiger partial charge in [0, 0.05) is 4.83 Å². The first-order chi connectivity index (χ1) is 9.31. The second kappa shape index (κ2) is 7.78. The van der Waals surface area contributed by atoms with Crippen molar-refractivity contribution in [2.75, 3.05) is 13.2 Å². The van der Waals surface area contributed by atoms with Crippen molar-refractivity contribution in [1.29, 1.82) is 0 Å². The number of para-hydroxylation sites is 2. The summed E-state index contributed by atoms with van der Waals surface area (Å²) in [5.41, 5.74) is 0. The molecule has 0 aliphatic heterocycles. The van der Waals surface area contributed by atoms with Crippen LogP contribution in [0.3, 0.4) is 0 Å². The van der Waals surface area contributed by atoms with Crippen molar-refractivity contribution in [3.05, 3.63) is 24.3 Å². The fourth-order valence-corrected chi connectivity index (χ4v) is 3.50. The van der Waals surface area contributed by atoms with Crippen LogP contribution in [0.1, 0.15) is 39.0 Å². The summed E-state index contributed by atoms with van der Waals surface area (Å²) >= 11 is 3.80. The summed E-state index contributed by atoms with van der Waals surface area (Å²) in [5.74, 6) is 2.48. The Labute approximate surface area is 124 Å². The summed E-state index contributed by atoms with van der Waals surface area (Å²) in [7, 11) is 0. The van der Waals surface area contributed by atoms with Crippen LogP contribution in [-0.4, -0.2) is 18.0 Å². The molecule has 19 heavy (non-hydrogen) atoms. The minimum absolute atomic E-state index is 0.673. The van der Waals surface area contributed by atoms with E-state index in [1.54, 1.807) is 0 Å². The molecule has 1 fully saturated rings. The van der Waals surface area contributed by atoms with Crippen LogP contribution in [0.15, 0.2) is 24.3 Å². The number of ether oxygens (including phenoxy) is 2. The summed E-state index contributed by atoms with van der Waals surface area (Å²) in [5, 5.41) is 0. The molecule has 2 nitrogen and oxygen atoms in total. The molecule has 1 aliphatic rings. The Morgan fingerprint density at radius 1 is 1.11 bits per heavy atom. The number of hydrogen-bond acceptors (Lipinski definition) is 2. The lowest BCUT2D eigenvalue weighted by Gasteiger charge is -2.27. The van der Waals surface area contributed by atoms with E-state index in [1.807, 2.05) is 31.2 Å². The van der Waals surface area contributed by atoms with Crippen LogP contribution in [0.25, 0.3) is 0 Å². The topological polar surface area (TPSA) is 18.5 Å². The molecule has 0 radical (unpaired) electrons. The Morgan fingerprint density at radius 2 is 1.79 bits per heavy atom. The average molecular weight is 327 g/mol. The summed E-state index contributed by atoms with van der Waals surface area (Å²) in [4.78, 5) is 0.673. The van der Waals surface area contributed by atoms with E-state index >= 15 is 0 Å². The number of benzene rings is 1. The van der Waals surface area contributed by atoms with Gasteiger partial charge in [-0.05, 0) is 44.2 Å². The van der Waals surface area contributed by atoms with Gasteiger partial charge in [-0.2, -0.15) is 0 Å². The van der Waals surface area contributed by atoms with Gasteiger partial charge in [0.25, 0.3) is 0 Å². The maximum absolute atomic E-state index is 5.89. The predicted octanol–water partition coefficient (Wildman–Crippen LogP) is 4.81. The molecule has 0 heterocycles. The molecule has 3 heteroatoms. The fourth-order valence-electron chi connectivity index (χ4n) is 2.65. The highest BCUT2D eigenvalue weighted by atomic mass is 79.9. The van der Waals surface area contributed by atoms with Gasteiger partial charge in [0.1, 0.15) is 0 Å². The van der Waals surface area contributed by atoms with Crippen molar-refractivity contribution in [2.45, 2.75) is 43.9 Å². The Balaban J connectivity index is 1.81. The monoisotopic (exact) mass is 326 g/mol. The second-order valence-corrected chi connectivity index (χ2v) is 6.25. The van der Waals surface area contributed by atoms with Crippen LogP contribution in [0.4, 0.5) is 0 Å². The van der Waals surface area contributed by atoms with Crippen LogP contribution < -0.4 is 9.47 Å². The molecule has 0 bridgehead atoms. The molecule has 0 spiro atoms. The minimum atomic E-state index is 0.673. The first-order valence-corrected chi connectivity index (χ1v) is 8.21. The maximum Gasteiger partial charge on any atom is 0.161 e. The first kappa shape index (κ1) is 14.7. The van der Waals surface area contributed by atoms with Crippen molar-refractivity contribution >= 4 is 15.9 Å². The molecule has 0 saturated heterocycles. The third-order valence-electron chi connectivity index (χ3n) is 3.71. The van der Waals surface area contributed by atoms with Gasteiger partial charge < -0.3 is 9.47 Å². The van der Waals surface area contributed by atoms with Gasteiger partial charge in [0.15, 0.2) is 11.5 Å². The highest BCUT2D eigenvalue weighted by Crippen LogP contribution is 2.33. The van der Waals surface area contributed by atoms with Gasteiger partial charge in [-0.1, -0.05) is 40.9 Å². The summed E-state index contributed by atoms with van der Waals surface area (Å²) in [6, 6.07) is 7.92. The summed E-state index contributed by atoms with van der Waals surface area (Å²) in [6.45, 7) is 3.44. The third-order valence-corrected chi connectivity index (χ3v) is 4.92. The van der Waals surface area contributed by atoms with E-state index in [4.69, 9.17) is 9.47 Å². The molecular weight excluding hydrogens is 304 g/mol. The van der Waals surface area contributed by atoms with Gasteiger partial charge in [0.2, 0.25) is 0 Å². The van der Waals surface area contributed by atoms with Crippen molar-refractivity contribution in [2.24, 2.45) is 5.92 Å². The molecular formula is C16H23BrO2. The Morgan fingerprint density at radius 3 is 2.47 bits per heavy atom. The Hall–Kier alpha value is -0.700. The third kappa shape index (κ3) is 4.41. The quantitative estimate of drug-likeness (QED) is 0.698. The van der Waals surface area contributed by atoms with Gasteiger partial charge in [-0.15, -0.1) is 0 Å². The summed E-state index contributed by atoms with van der Waals surface area (Å²) in [6.07, 6.45) is 6.48. The van der Waals surface area contributed by atoms with Crippen molar-refractivity contribution < 1.29 is 9.47 Å². The first-order valence-electron chi connectivity index (χ1n) is 7.30. The van der Waals surface area contributed by atoms with Gasteiger partial charge in [0.05, 0.1) is 13.2 Å². The van der Waals surface area contributed by atoms with E-state index in [0.29, 0.717) is 11.4 Å². The molecule has 106 valence electrons. The zero-order valence-corrected chi connectivity index (χ0v) is 13.2. The largest absolute Gasteiger partial charge is 0.490 e. The Kier molecular flexibility index (Phi) is 6.02. The maximum atomic E-state index is 5.89. The minimum Gasteiger partial charge on any atom is -0.490 e. The molecule has 0 aromatic heterocycles. The molecule has 1 saturated carbocycles. The number of halogens is 1.